The molecule has 2 unspecified atom stereocenters. The van der Waals surface area contributed by atoms with Gasteiger partial charge in [-0.15, -0.1) is 0 Å². The van der Waals surface area contributed by atoms with E-state index in [1.54, 1.807) is 0 Å². The molecule has 0 aliphatic carbocycles. The summed E-state index contributed by atoms with van der Waals surface area (Å²) >= 11 is 0. The van der Waals surface area contributed by atoms with Crippen molar-refractivity contribution in [1.29, 1.82) is 0 Å². The van der Waals surface area contributed by atoms with Gasteiger partial charge in [0.1, 0.15) is 0 Å². The Balaban J connectivity index is 4.33. The summed E-state index contributed by atoms with van der Waals surface area (Å²) in [5.41, 5.74) is 5.66. The van der Waals surface area contributed by atoms with Crippen LogP contribution in [-0.2, 0) is 9.59 Å². The largest absolute Gasteiger partial charge is 0.481 e. The molecule has 0 saturated heterocycles. The molecule has 0 aliphatic heterocycles. The predicted molar refractivity (Wildman–Crippen MR) is 75.6 cm³/mol. The van der Waals surface area contributed by atoms with Crippen LogP contribution in [-0.4, -0.2) is 29.6 Å². The molecular formula is C14H28N2O3. The van der Waals surface area contributed by atoms with Gasteiger partial charge < -0.3 is 16.2 Å². The number of nitrogens with two attached hydrogens (primary N) is 1. The van der Waals surface area contributed by atoms with E-state index >= 15 is 0 Å². The summed E-state index contributed by atoms with van der Waals surface area (Å²) < 4.78 is 0. The van der Waals surface area contributed by atoms with Crippen molar-refractivity contribution in [3.8, 4) is 0 Å². The maximum Gasteiger partial charge on any atom is 0.308 e. The quantitative estimate of drug-likeness (QED) is 0.656. The second kappa shape index (κ2) is 7.48. The lowest BCUT2D eigenvalue weighted by molar-refractivity contribution is -0.142. The van der Waals surface area contributed by atoms with Crippen molar-refractivity contribution in [3.63, 3.8) is 0 Å². The van der Waals surface area contributed by atoms with Gasteiger partial charge in [-0.1, -0.05) is 34.6 Å². The minimum absolute atomic E-state index is 0.0895. The van der Waals surface area contributed by atoms with Crippen LogP contribution in [0.4, 0.5) is 0 Å². The van der Waals surface area contributed by atoms with Crippen LogP contribution in [0.15, 0.2) is 0 Å². The zero-order valence-electron chi connectivity index (χ0n) is 12.7. The van der Waals surface area contributed by atoms with Gasteiger partial charge >= 0.3 is 5.97 Å². The van der Waals surface area contributed by atoms with E-state index in [0.29, 0.717) is 18.8 Å². The van der Waals surface area contributed by atoms with Crippen molar-refractivity contribution in [2.24, 2.45) is 23.0 Å². The van der Waals surface area contributed by atoms with E-state index in [-0.39, 0.29) is 17.9 Å². The molecule has 0 rings (SSSR count). The van der Waals surface area contributed by atoms with E-state index in [0.717, 1.165) is 0 Å². The molecule has 0 aliphatic rings. The van der Waals surface area contributed by atoms with E-state index in [9.17, 15) is 9.59 Å². The van der Waals surface area contributed by atoms with Crippen molar-refractivity contribution in [2.45, 2.75) is 53.5 Å². The Kier molecular flexibility index (Phi) is 7.05. The third-order valence-electron chi connectivity index (χ3n) is 2.79. The zero-order valence-corrected chi connectivity index (χ0v) is 12.7. The maximum atomic E-state index is 11.7. The highest BCUT2D eigenvalue weighted by Crippen LogP contribution is 2.24. The van der Waals surface area contributed by atoms with Gasteiger partial charge in [0.2, 0.25) is 5.91 Å². The highest BCUT2D eigenvalue weighted by atomic mass is 16.4. The number of aliphatic carboxylic acids is 1. The number of hydrogen-bond acceptors (Lipinski definition) is 3. The first-order chi connectivity index (χ1) is 8.53. The van der Waals surface area contributed by atoms with Crippen LogP contribution in [0.3, 0.4) is 0 Å². The fraction of sp³-hybridized carbons (Fsp3) is 0.857. The molecule has 2 atom stereocenters. The molecule has 0 bridgehead atoms. The Labute approximate surface area is 115 Å². The maximum absolute atomic E-state index is 11.7. The molecule has 0 aromatic heterocycles. The molecule has 0 aromatic rings. The molecular weight excluding hydrogens is 244 g/mol. The second-order valence-corrected chi connectivity index (χ2v) is 6.78. The van der Waals surface area contributed by atoms with Gasteiger partial charge in [0, 0.05) is 6.54 Å². The van der Waals surface area contributed by atoms with Crippen LogP contribution in [0.5, 0.6) is 0 Å². The van der Waals surface area contributed by atoms with Crippen molar-refractivity contribution in [2.75, 3.05) is 6.54 Å². The number of carboxylic acids is 1. The van der Waals surface area contributed by atoms with Crippen molar-refractivity contribution in [1.82, 2.24) is 5.32 Å². The number of rotatable bonds is 7. The van der Waals surface area contributed by atoms with Crippen molar-refractivity contribution < 1.29 is 14.7 Å². The third-order valence-corrected chi connectivity index (χ3v) is 2.79. The fourth-order valence-electron chi connectivity index (χ4n) is 1.96. The van der Waals surface area contributed by atoms with Gasteiger partial charge in [-0.2, -0.15) is 0 Å². The summed E-state index contributed by atoms with van der Waals surface area (Å²) in [5.74, 6) is -1.39. The number of carbonyl (C=O) groups excluding carboxylic acids is 1. The van der Waals surface area contributed by atoms with E-state index in [4.69, 9.17) is 10.8 Å². The number of carbonyl (C=O) groups is 2. The van der Waals surface area contributed by atoms with Crippen LogP contribution < -0.4 is 11.1 Å². The van der Waals surface area contributed by atoms with E-state index in [1.165, 1.54) is 0 Å². The molecule has 0 spiro atoms. The average molecular weight is 272 g/mol. The second-order valence-electron chi connectivity index (χ2n) is 6.78. The Morgan fingerprint density at radius 2 is 1.79 bits per heavy atom. The minimum Gasteiger partial charge on any atom is -0.481 e. The normalized spacial score (nSPS) is 15.1. The van der Waals surface area contributed by atoms with Gasteiger partial charge in [-0.3, -0.25) is 9.59 Å². The first kappa shape index (κ1) is 17.9. The topological polar surface area (TPSA) is 92.4 Å². The number of carboxylic acid groups (broad SMARTS) is 1. The van der Waals surface area contributed by atoms with Crippen molar-refractivity contribution in [3.05, 3.63) is 0 Å². The van der Waals surface area contributed by atoms with E-state index in [1.807, 2.05) is 34.6 Å². The minimum atomic E-state index is -0.882. The summed E-state index contributed by atoms with van der Waals surface area (Å²) in [7, 11) is 0. The Morgan fingerprint density at radius 1 is 1.26 bits per heavy atom. The van der Waals surface area contributed by atoms with Crippen LogP contribution in [0, 0.1) is 17.3 Å². The monoisotopic (exact) mass is 272 g/mol. The van der Waals surface area contributed by atoms with Gasteiger partial charge in [-0.25, -0.2) is 0 Å². The fourth-order valence-corrected chi connectivity index (χ4v) is 1.96. The summed E-state index contributed by atoms with van der Waals surface area (Å²) in [6, 6.07) is -0.566. The average Bonchev–Trinajstić information content (AvgIpc) is 2.20. The standard InChI is InChI=1S/C14H28N2O3/c1-9(2)6-11(15)12(17)16-8-10(13(18)19)7-14(3,4)5/h9-11H,6-8,15H2,1-5H3,(H,16,17)(H,18,19). The van der Waals surface area contributed by atoms with Gasteiger partial charge in [-0.05, 0) is 24.2 Å². The lowest BCUT2D eigenvalue weighted by atomic mass is 9.84. The van der Waals surface area contributed by atoms with Crippen LogP contribution in [0.25, 0.3) is 0 Å². The smallest absolute Gasteiger partial charge is 0.308 e. The highest BCUT2D eigenvalue weighted by Gasteiger charge is 2.25. The Bertz CT molecular complexity index is 308. The summed E-state index contributed by atoms with van der Waals surface area (Å²) in [6.07, 6.45) is 1.12. The molecule has 0 aromatic carbocycles. The number of hydrogen-bond donors (Lipinski definition) is 3. The van der Waals surface area contributed by atoms with Crippen LogP contribution in [0.2, 0.25) is 0 Å². The Hall–Kier alpha value is -1.10. The highest BCUT2D eigenvalue weighted by molar-refractivity contribution is 5.82. The predicted octanol–water partition coefficient (Wildman–Crippen LogP) is 1.61. The number of amides is 1. The van der Waals surface area contributed by atoms with Crippen molar-refractivity contribution >= 4 is 11.9 Å². The van der Waals surface area contributed by atoms with Gasteiger partial charge in [0.25, 0.3) is 0 Å². The Morgan fingerprint density at radius 3 is 2.16 bits per heavy atom. The van der Waals surface area contributed by atoms with Crippen LogP contribution in [0.1, 0.15) is 47.5 Å². The molecule has 5 nitrogen and oxygen atoms in total. The summed E-state index contributed by atoms with van der Waals surface area (Å²) in [5, 5.41) is 11.8. The van der Waals surface area contributed by atoms with Crippen LogP contribution >= 0.6 is 0 Å². The summed E-state index contributed by atoms with van der Waals surface area (Å²) in [6.45, 7) is 10.1. The molecule has 112 valence electrons. The molecule has 0 fully saturated rings. The third kappa shape index (κ3) is 8.59. The van der Waals surface area contributed by atoms with E-state index in [2.05, 4.69) is 5.32 Å². The molecule has 0 radical (unpaired) electrons. The lowest BCUT2D eigenvalue weighted by Crippen LogP contribution is -2.44. The molecule has 19 heavy (non-hydrogen) atoms. The molecule has 4 N–H and O–H groups in total. The van der Waals surface area contributed by atoms with E-state index < -0.39 is 17.9 Å². The SMILES string of the molecule is CC(C)CC(N)C(=O)NCC(CC(C)(C)C)C(=O)O. The lowest BCUT2D eigenvalue weighted by Gasteiger charge is -2.24. The zero-order chi connectivity index (χ0) is 15.2. The first-order valence-corrected chi connectivity index (χ1v) is 6.79. The van der Waals surface area contributed by atoms with Gasteiger partial charge in [0.05, 0.1) is 12.0 Å². The van der Waals surface area contributed by atoms with Gasteiger partial charge in [0.15, 0.2) is 0 Å². The molecule has 0 heterocycles. The molecule has 5 heteroatoms. The molecule has 1 amide bonds. The molecule has 0 saturated carbocycles. The number of nitrogens with one attached hydrogen (secondary N) is 1. The first-order valence-electron chi connectivity index (χ1n) is 6.79. The summed E-state index contributed by atoms with van der Waals surface area (Å²) in [4.78, 5) is 22.9.